The molecule has 12 nitrogen and oxygen atoms in total. The van der Waals surface area contributed by atoms with Crippen molar-refractivity contribution >= 4 is 23.7 Å². The van der Waals surface area contributed by atoms with Crippen molar-refractivity contribution < 1.29 is 38.5 Å². The zero-order chi connectivity index (χ0) is 34.0. The molecule has 12 heteroatoms. The summed E-state index contributed by atoms with van der Waals surface area (Å²) >= 11 is 0. The first-order valence-corrected chi connectivity index (χ1v) is 17.3. The molecule has 5 aliphatic heterocycles. The lowest BCUT2D eigenvalue weighted by molar-refractivity contribution is -0.164. The summed E-state index contributed by atoms with van der Waals surface area (Å²) in [6.45, 7) is 7.67. The van der Waals surface area contributed by atoms with Crippen molar-refractivity contribution in [1.29, 1.82) is 0 Å². The monoisotopic (exact) mass is 664 g/mol. The van der Waals surface area contributed by atoms with E-state index in [1.54, 1.807) is 29.0 Å². The van der Waals surface area contributed by atoms with Gasteiger partial charge in [0, 0.05) is 46.2 Å². The van der Waals surface area contributed by atoms with Crippen LogP contribution in [0.1, 0.15) is 44.8 Å². The number of rotatable bonds is 7. The molecular weight excluding hydrogens is 616 g/mol. The number of amides is 3. The molecule has 1 aromatic carbocycles. The number of hydrogen-bond acceptors (Lipinski definition) is 9. The van der Waals surface area contributed by atoms with Crippen molar-refractivity contribution in [2.75, 3.05) is 59.6 Å². The van der Waals surface area contributed by atoms with Gasteiger partial charge in [-0.2, -0.15) is 0 Å². The maximum absolute atomic E-state index is 14.7. The summed E-state index contributed by atoms with van der Waals surface area (Å²) in [7, 11) is 1.71. The van der Waals surface area contributed by atoms with Crippen LogP contribution >= 0.6 is 0 Å². The molecule has 0 saturated carbocycles. The van der Waals surface area contributed by atoms with Crippen LogP contribution in [0.15, 0.2) is 54.6 Å². The lowest BCUT2D eigenvalue weighted by Crippen LogP contribution is -2.58. The second-order valence-corrected chi connectivity index (χ2v) is 13.5. The standard InChI is InChI=1S/C36H48N4O8/c1-4-26(23-41)40-32-34(44)39(18-17-38-19-21-46-22-20-38)16-10-15-36(32)30(33(40)43)29-27(48-36)13-8-9-14-28(42)37(3)24(2)31(47-35(29)45)25-11-6-5-7-12-25/h5-8,10-13,15,24,26-27,29-32,41H,4,9,14,16-23H2,1-3H3/b13-8-/t24-,26-,27-,29+,30+,31+,32-,36+/m0/s1. The van der Waals surface area contributed by atoms with E-state index in [0.29, 0.717) is 45.7 Å². The van der Waals surface area contributed by atoms with Crippen molar-refractivity contribution in [3.8, 4) is 0 Å². The SMILES string of the molecule is CC[C@@H](CO)N1C(=O)[C@H]2[C@@H]3C(=O)O[C@@H](c4ccccc4)[C@H](C)N(C)C(=O)CC/C=C\[C@@H]3O[C@]23C=CCN(CCN2CCOCC2)C(=O)[C@H]13. The zero-order valence-corrected chi connectivity index (χ0v) is 28.1. The summed E-state index contributed by atoms with van der Waals surface area (Å²) in [4.78, 5) is 64.0. The summed E-state index contributed by atoms with van der Waals surface area (Å²) in [5.41, 5.74) is -0.733. The number of likely N-dealkylation sites (tertiary alicyclic amines) is 1. The minimum absolute atomic E-state index is 0.0842. The Morgan fingerprint density at radius 1 is 1.02 bits per heavy atom. The molecule has 1 aromatic rings. The van der Waals surface area contributed by atoms with Gasteiger partial charge in [-0.15, -0.1) is 0 Å². The van der Waals surface area contributed by atoms with E-state index >= 15 is 0 Å². The van der Waals surface area contributed by atoms with E-state index in [4.69, 9.17) is 14.2 Å². The molecule has 3 fully saturated rings. The Labute approximate surface area is 282 Å². The number of fused-ring (bicyclic) bond motifs is 2. The Morgan fingerprint density at radius 2 is 1.77 bits per heavy atom. The number of ether oxygens (including phenoxy) is 3. The van der Waals surface area contributed by atoms with Gasteiger partial charge in [-0.05, 0) is 25.3 Å². The molecule has 48 heavy (non-hydrogen) atoms. The van der Waals surface area contributed by atoms with Crippen LogP contribution in [0.4, 0.5) is 0 Å². The second kappa shape index (κ2) is 14.5. The summed E-state index contributed by atoms with van der Waals surface area (Å²) in [6, 6.07) is 7.06. The van der Waals surface area contributed by atoms with E-state index in [0.717, 1.165) is 18.7 Å². The van der Waals surface area contributed by atoms with Gasteiger partial charge in [-0.3, -0.25) is 24.1 Å². The predicted molar refractivity (Wildman–Crippen MR) is 175 cm³/mol. The second-order valence-electron chi connectivity index (χ2n) is 13.5. The lowest BCUT2D eigenvalue weighted by Gasteiger charge is -2.38. The molecule has 0 bridgehead atoms. The number of benzene rings is 1. The number of allylic oxidation sites excluding steroid dienone is 1. The minimum Gasteiger partial charge on any atom is -0.455 e. The van der Waals surface area contributed by atoms with Crippen LogP contribution in [0.25, 0.3) is 0 Å². The number of likely N-dealkylation sites (N-methyl/N-ethyl adjacent to an activating group) is 1. The summed E-state index contributed by atoms with van der Waals surface area (Å²) in [5.74, 6) is -3.51. The molecule has 6 rings (SSSR count). The molecule has 0 radical (unpaired) electrons. The van der Waals surface area contributed by atoms with Gasteiger partial charge in [0.15, 0.2) is 0 Å². The fraction of sp³-hybridized carbons (Fsp3) is 0.611. The fourth-order valence-corrected chi connectivity index (χ4v) is 7.97. The number of nitrogens with zero attached hydrogens (tertiary/aromatic N) is 4. The first kappa shape index (κ1) is 34.3. The van der Waals surface area contributed by atoms with Gasteiger partial charge < -0.3 is 34.0 Å². The van der Waals surface area contributed by atoms with Crippen molar-refractivity contribution in [1.82, 2.24) is 19.6 Å². The highest BCUT2D eigenvalue weighted by Gasteiger charge is 2.72. The zero-order valence-electron chi connectivity index (χ0n) is 28.1. The average molecular weight is 665 g/mol. The van der Waals surface area contributed by atoms with Gasteiger partial charge in [-0.25, -0.2) is 0 Å². The van der Waals surface area contributed by atoms with Gasteiger partial charge in [0.1, 0.15) is 23.7 Å². The average Bonchev–Trinajstić information content (AvgIpc) is 3.50. The Kier molecular flexibility index (Phi) is 10.4. The van der Waals surface area contributed by atoms with E-state index in [-0.39, 0.29) is 24.8 Å². The Balaban J connectivity index is 1.39. The number of aliphatic hydroxyl groups is 1. The summed E-state index contributed by atoms with van der Waals surface area (Å²) < 4.78 is 18.6. The van der Waals surface area contributed by atoms with Gasteiger partial charge in [-0.1, -0.05) is 61.6 Å². The lowest BCUT2D eigenvalue weighted by atomic mass is 9.77. The van der Waals surface area contributed by atoms with Crippen LogP contribution in [0.2, 0.25) is 0 Å². The highest BCUT2D eigenvalue weighted by Crippen LogP contribution is 2.54. The third kappa shape index (κ3) is 6.19. The van der Waals surface area contributed by atoms with Crippen LogP contribution in [0, 0.1) is 11.8 Å². The van der Waals surface area contributed by atoms with Gasteiger partial charge >= 0.3 is 5.97 Å². The molecule has 0 aliphatic carbocycles. The Hall–Kier alpha value is -3.58. The van der Waals surface area contributed by atoms with E-state index in [1.807, 2.05) is 56.3 Å². The van der Waals surface area contributed by atoms with Crippen molar-refractivity contribution in [3.63, 3.8) is 0 Å². The fourth-order valence-electron chi connectivity index (χ4n) is 7.97. The topological polar surface area (TPSA) is 129 Å². The summed E-state index contributed by atoms with van der Waals surface area (Å²) in [5, 5.41) is 10.4. The molecule has 260 valence electrons. The third-order valence-electron chi connectivity index (χ3n) is 10.8. The van der Waals surface area contributed by atoms with E-state index in [9.17, 15) is 24.3 Å². The maximum atomic E-state index is 14.7. The number of hydrogen-bond donors (Lipinski definition) is 1. The van der Waals surface area contributed by atoms with Crippen LogP contribution in [0.3, 0.4) is 0 Å². The molecule has 8 atom stereocenters. The first-order chi connectivity index (χ1) is 23.2. The number of aliphatic hydroxyl groups excluding tert-OH is 1. The van der Waals surface area contributed by atoms with Crippen LogP contribution < -0.4 is 0 Å². The van der Waals surface area contributed by atoms with Crippen LogP contribution in [-0.4, -0.2) is 138 Å². The van der Waals surface area contributed by atoms with Gasteiger partial charge in [0.05, 0.1) is 43.9 Å². The van der Waals surface area contributed by atoms with Crippen LogP contribution in [-0.2, 0) is 33.4 Å². The Bertz CT molecular complexity index is 1410. The summed E-state index contributed by atoms with van der Waals surface area (Å²) in [6.07, 6.45) is 6.63. The van der Waals surface area contributed by atoms with Crippen molar-refractivity contribution in [2.45, 2.75) is 69.0 Å². The Morgan fingerprint density at radius 3 is 2.48 bits per heavy atom. The minimum atomic E-state index is -1.45. The molecule has 3 saturated heterocycles. The molecule has 1 spiro atoms. The van der Waals surface area contributed by atoms with Gasteiger partial charge in [0.2, 0.25) is 17.7 Å². The first-order valence-electron chi connectivity index (χ1n) is 17.3. The number of esters is 1. The predicted octanol–water partition coefficient (Wildman–Crippen LogP) is 1.55. The van der Waals surface area contributed by atoms with E-state index in [2.05, 4.69) is 4.90 Å². The van der Waals surface area contributed by atoms with Gasteiger partial charge in [0.25, 0.3) is 0 Å². The largest absolute Gasteiger partial charge is 0.455 e. The molecule has 0 aromatic heterocycles. The molecule has 0 unspecified atom stereocenters. The number of morpholine rings is 1. The van der Waals surface area contributed by atoms with Crippen molar-refractivity contribution in [2.24, 2.45) is 11.8 Å². The highest BCUT2D eigenvalue weighted by atomic mass is 16.6. The van der Waals surface area contributed by atoms with E-state index < -0.39 is 59.6 Å². The van der Waals surface area contributed by atoms with E-state index in [1.165, 1.54) is 4.90 Å². The van der Waals surface area contributed by atoms with Crippen LogP contribution in [0.5, 0.6) is 0 Å². The highest BCUT2D eigenvalue weighted by molar-refractivity contribution is 5.99. The molecule has 1 N–H and O–H groups in total. The smallest absolute Gasteiger partial charge is 0.313 e. The maximum Gasteiger partial charge on any atom is 0.313 e. The molecule has 3 amide bonds. The normalized spacial score (nSPS) is 34.5. The van der Waals surface area contributed by atoms with Crippen molar-refractivity contribution in [3.05, 3.63) is 60.2 Å². The number of carbonyl (C=O) groups excluding carboxylic acids is 4. The molecule has 5 heterocycles. The number of carbonyl (C=O) groups is 4. The quantitative estimate of drug-likeness (QED) is 0.341. The third-order valence-corrected chi connectivity index (χ3v) is 10.8. The molecular formula is C36H48N4O8. The number of cyclic esters (lactones) is 1. The molecule has 5 aliphatic rings.